The van der Waals surface area contributed by atoms with E-state index < -0.39 is 0 Å². The van der Waals surface area contributed by atoms with Crippen LogP contribution in [0, 0.1) is 6.92 Å². The van der Waals surface area contributed by atoms with Crippen LogP contribution < -0.4 is 11.1 Å². The lowest BCUT2D eigenvalue weighted by Crippen LogP contribution is -2.13. The summed E-state index contributed by atoms with van der Waals surface area (Å²) in [5.41, 5.74) is 9.07. The molecule has 2 aromatic rings. The third kappa shape index (κ3) is 3.57. The molecule has 0 radical (unpaired) electrons. The number of hydrogen-bond donors (Lipinski definition) is 2. The van der Waals surface area contributed by atoms with Gasteiger partial charge in [-0.3, -0.25) is 4.79 Å². The topological polar surface area (TPSA) is 68.0 Å². The van der Waals surface area contributed by atoms with Gasteiger partial charge < -0.3 is 11.1 Å². The quantitative estimate of drug-likeness (QED) is 0.895. The highest BCUT2D eigenvalue weighted by Gasteiger charge is 2.09. The van der Waals surface area contributed by atoms with E-state index in [0.717, 1.165) is 29.8 Å². The van der Waals surface area contributed by atoms with Gasteiger partial charge >= 0.3 is 0 Å². The van der Waals surface area contributed by atoms with E-state index in [0.29, 0.717) is 11.4 Å². The molecule has 1 aromatic carbocycles. The van der Waals surface area contributed by atoms with Gasteiger partial charge in [0.1, 0.15) is 5.82 Å². The number of nitrogens with zero attached hydrogens (tertiary/aromatic N) is 1. The second-order valence-corrected chi connectivity index (χ2v) is 4.84. The van der Waals surface area contributed by atoms with Crippen LogP contribution in [-0.2, 0) is 6.42 Å². The lowest BCUT2D eigenvalue weighted by molar-refractivity contribution is 0.102. The predicted octanol–water partition coefficient (Wildman–Crippen LogP) is 3.18. The lowest BCUT2D eigenvalue weighted by atomic mass is 10.1. The summed E-state index contributed by atoms with van der Waals surface area (Å²) >= 11 is 0. The largest absolute Gasteiger partial charge is 0.384 e. The van der Waals surface area contributed by atoms with Crippen LogP contribution in [0.1, 0.15) is 35.0 Å². The van der Waals surface area contributed by atoms with E-state index in [1.54, 1.807) is 12.1 Å². The highest BCUT2D eigenvalue weighted by atomic mass is 16.1. The molecule has 3 N–H and O–H groups in total. The second kappa shape index (κ2) is 6.19. The average molecular weight is 269 g/mol. The molecule has 20 heavy (non-hydrogen) atoms. The number of anilines is 2. The molecule has 0 spiro atoms. The number of nitrogen functional groups attached to an aromatic ring is 1. The lowest BCUT2D eigenvalue weighted by Gasteiger charge is -2.08. The van der Waals surface area contributed by atoms with Crippen molar-refractivity contribution in [2.45, 2.75) is 26.7 Å². The average Bonchev–Trinajstić information content (AvgIpc) is 2.41. The van der Waals surface area contributed by atoms with Gasteiger partial charge in [-0.2, -0.15) is 0 Å². The number of nitrogens with one attached hydrogen (secondary N) is 1. The third-order valence-corrected chi connectivity index (χ3v) is 2.98. The number of carbonyl (C=O) groups excluding carboxylic acids is 1. The number of aryl methyl sites for hydroxylation is 2. The monoisotopic (exact) mass is 269 g/mol. The molecule has 0 saturated carbocycles. The molecule has 104 valence electrons. The summed E-state index contributed by atoms with van der Waals surface area (Å²) in [5, 5.41) is 2.86. The summed E-state index contributed by atoms with van der Waals surface area (Å²) < 4.78 is 0. The van der Waals surface area contributed by atoms with E-state index in [1.165, 1.54) is 0 Å². The van der Waals surface area contributed by atoms with E-state index in [4.69, 9.17) is 5.73 Å². The molecule has 0 saturated heterocycles. The van der Waals surface area contributed by atoms with Crippen LogP contribution in [0.5, 0.6) is 0 Å². The van der Waals surface area contributed by atoms with Crippen molar-refractivity contribution in [3.05, 3.63) is 53.2 Å². The fourth-order valence-corrected chi connectivity index (χ4v) is 1.97. The molecule has 1 aromatic heterocycles. The molecule has 4 heteroatoms. The van der Waals surface area contributed by atoms with Crippen LogP contribution in [0.25, 0.3) is 0 Å². The van der Waals surface area contributed by atoms with Gasteiger partial charge in [-0.1, -0.05) is 31.0 Å². The van der Waals surface area contributed by atoms with Crippen molar-refractivity contribution in [2.75, 3.05) is 11.1 Å². The van der Waals surface area contributed by atoms with E-state index in [2.05, 4.69) is 17.2 Å². The number of hydrogen-bond acceptors (Lipinski definition) is 3. The van der Waals surface area contributed by atoms with Gasteiger partial charge in [0.05, 0.1) is 0 Å². The number of amides is 1. The molecular formula is C16H19N3O. The van der Waals surface area contributed by atoms with Crippen molar-refractivity contribution < 1.29 is 4.79 Å². The summed E-state index contributed by atoms with van der Waals surface area (Å²) in [6.07, 6.45) is 1.78. The number of nitrogens with two attached hydrogens (primary N) is 1. The Morgan fingerprint density at radius 1 is 1.25 bits per heavy atom. The molecule has 0 aliphatic heterocycles. The first kappa shape index (κ1) is 14.1. The van der Waals surface area contributed by atoms with Gasteiger partial charge in [0.2, 0.25) is 0 Å². The van der Waals surface area contributed by atoms with Gasteiger partial charge in [-0.05, 0) is 37.6 Å². The van der Waals surface area contributed by atoms with E-state index in [9.17, 15) is 4.79 Å². The SMILES string of the molecule is CCCc1cc(C(=O)Nc2ccc(C)cc2)cc(N)n1. The summed E-state index contributed by atoms with van der Waals surface area (Å²) in [6.45, 7) is 4.07. The van der Waals surface area contributed by atoms with Crippen LogP contribution in [0.4, 0.5) is 11.5 Å². The molecule has 0 aliphatic carbocycles. The molecular weight excluding hydrogens is 250 g/mol. The van der Waals surface area contributed by atoms with Crippen LogP contribution in [0.3, 0.4) is 0 Å². The standard InChI is InChI=1S/C16H19N3O/c1-3-4-14-9-12(10-15(17)18-14)16(20)19-13-7-5-11(2)6-8-13/h5-10H,3-4H2,1-2H3,(H2,17,18)(H,19,20). The number of rotatable bonds is 4. The number of aromatic nitrogens is 1. The Morgan fingerprint density at radius 2 is 1.95 bits per heavy atom. The minimum absolute atomic E-state index is 0.166. The molecule has 0 aliphatic rings. The number of carbonyl (C=O) groups is 1. The third-order valence-electron chi connectivity index (χ3n) is 2.98. The van der Waals surface area contributed by atoms with Crippen LogP contribution in [-0.4, -0.2) is 10.9 Å². The minimum Gasteiger partial charge on any atom is -0.384 e. The maximum Gasteiger partial charge on any atom is 0.255 e. The Bertz CT molecular complexity index is 606. The first-order valence-corrected chi connectivity index (χ1v) is 6.73. The highest BCUT2D eigenvalue weighted by molar-refractivity contribution is 6.04. The normalized spacial score (nSPS) is 10.3. The first-order chi connectivity index (χ1) is 9.58. The van der Waals surface area contributed by atoms with Crippen molar-refractivity contribution in [2.24, 2.45) is 0 Å². The Morgan fingerprint density at radius 3 is 2.60 bits per heavy atom. The molecule has 1 amide bonds. The molecule has 1 heterocycles. The second-order valence-electron chi connectivity index (χ2n) is 4.84. The zero-order valence-electron chi connectivity index (χ0n) is 11.8. The Kier molecular flexibility index (Phi) is 4.35. The van der Waals surface area contributed by atoms with E-state index >= 15 is 0 Å². The summed E-state index contributed by atoms with van der Waals surface area (Å²) in [6, 6.07) is 11.1. The minimum atomic E-state index is -0.166. The zero-order chi connectivity index (χ0) is 14.5. The number of benzene rings is 1. The van der Waals surface area contributed by atoms with Crippen molar-refractivity contribution in [3.8, 4) is 0 Å². The zero-order valence-corrected chi connectivity index (χ0v) is 11.8. The highest BCUT2D eigenvalue weighted by Crippen LogP contribution is 2.14. The molecule has 0 unspecified atom stereocenters. The van der Waals surface area contributed by atoms with Crippen LogP contribution >= 0.6 is 0 Å². The van der Waals surface area contributed by atoms with Crippen molar-refractivity contribution >= 4 is 17.4 Å². The van der Waals surface area contributed by atoms with Crippen molar-refractivity contribution in [3.63, 3.8) is 0 Å². The first-order valence-electron chi connectivity index (χ1n) is 6.73. The molecule has 0 bridgehead atoms. The molecule has 0 fully saturated rings. The van der Waals surface area contributed by atoms with Gasteiger partial charge in [-0.15, -0.1) is 0 Å². The fraction of sp³-hybridized carbons (Fsp3) is 0.250. The predicted molar refractivity (Wildman–Crippen MR) is 81.8 cm³/mol. The Hall–Kier alpha value is -2.36. The van der Waals surface area contributed by atoms with Gasteiger partial charge in [0, 0.05) is 16.9 Å². The maximum atomic E-state index is 12.2. The fourth-order valence-electron chi connectivity index (χ4n) is 1.97. The summed E-state index contributed by atoms with van der Waals surface area (Å²) in [4.78, 5) is 16.4. The van der Waals surface area contributed by atoms with Gasteiger partial charge in [0.25, 0.3) is 5.91 Å². The Labute approximate surface area is 119 Å². The van der Waals surface area contributed by atoms with Crippen molar-refractivity contribution in [1.29, 1.82) is 0 Å². The Balaban J connectivity index is 2.18. The van der Waals surface area contributed by atoms with E-state index in [-0.39, 0.29) is 5.91 Å². The molecule has 0 atom stereocenters. The van der Waals surface area contributed by atoms with Crippen LogP contribution in [0.15, 0.2) is 36.4 Å². The van der Waals surface area contributed by atoms with Gasteiger partial charge in [0.15, 0.2) is 0 Å². The number of pyridine rings is 1. The van der Waals surface area contributed by atoms with Gasteiger partial charge in [-0.25, -0.2) is 4.98 Å². The smallest absolute Gasteiger partial charge is 0.255 e. The van der Waals surface area contributed by atoms with Crippen LogP contribution in [0.2, 0.25) is 0 Å². The van der Waals surface area contributed by atoms with E-state index in [1.807, 2.05) is 31.2 Å². The molecule has 4 nitrogen and oxygen atoms in total. The summed E-state index contributed by atoms with van der Waals surface area (Å²) in [7, 11) is 0. The van der Waals surface area contributed by atoms with Crippen molar-refractivity contribution in [1.82, 2.24) is 4.98 Å². The summed E-state index contributed by atoms with van der Waals surface area (Å²) in [5.74, 6) is 0.213. The molecule has 2 rings (SSSR count). The maximum absolute atomic E-state index is 12.2.